The molecule has 0 spiro atoms. The van der Waals surface area contributed by atoms with Gasteiger partial charge in [0, 0.05) is 11.1 Å². The van der Waals surface area contributed by atoms with Crippen molar-refractivity contribution >= 4 is 28.3 Å². The number of carbonyl (C=O) groups is 2. The van der Waals surface area contributed by atoms with Crippen LogP contribution in [0.2, 0.25) is 0 Å². The summed E-state index contributed by atoms with van der Waals surface area (Å²) in [6, 6.07) is 16.1. The van der Waals surface area contributed by atoms with Crippen molar-refractivity contribution in [1.82, 2.24) is 0 Å². The van der Waals surface area contributed by atoms with Gasteiger partial charge in [-0.15, -0.1) is 0 Å². The number of hydrogen-bond acceptors (Lipinski definition) is 4. The van der Waals surface area contributed by atoms with E-state index in [2.05, 4.69) is 5.32 Å². The highest BCUT2D eigenvalue weighted by atomic mass is 16.5. The van der Waals surface area contributed by atoms with Crippen molar-refractivity contribution < 1.29 is 19.4 Å². The van der Waals surface area contributed by atoms with Crippen molar-refractivity contribution in [2.24, 2.45) is 0 Å². The quantitative estimate of drug-likeness (QED) is 0.676. The van der Waals surface area contributed by atoms with Crippen LogP contribution in [0.3, 0.4) is 0 Å². The average Bonchev–Trinajstić information content (AvgIpc) is 2.64. The Morgan fingerprint density at radius 1 is 1.04 bits per heavy atom. The minimum atomic E-state index is -1.01. The van der Waals surface area contributed by atoms with Gasteiger partial charge in [0.2, 0.25) is 0 Å². The average molecular weight is 363 g/mol. The number of amides is 1. The molecule has 27 heavy (non-hydrogen) atoms. The zero-order valence-corrected chi connectivity index (χ0v) is 15.4. The molecule has 5 nitrogen and oxygen atoms in total. The van der Waals surface area contributed by atoms with Gasteiger partial charge in [-0.25, -0.2) is 4.79 Å². The van der Waals surface area contributed by atoms with Crippen LogP contribution in [-0.4, -0.2) is 23.1 Å². The van der Waals surface area contributed by atoms with Gasteiger partial charge in [-0.05, 0) is 43.9 Å². The fraction of sp³-hybridized carbons (Fsp3) is 0.182. The predicted octanol–water partition coefficient (Wildman–Crippen LogP) is 4.35. The van der Waals surface area contributed by atoms with Crippen LogP contribution in [0.15, 0.2) is 54.6 Å². The maximum atomic E-state index is 12.4. The molecule has 0 saturated heterocycles. The molecule has 0 bridgehead atoms. The maximum absolute atomic E-state index is 12.4. The van der Waals surface area contributed by atoms with Crippen molar-refractivity contribution in [3.8, 4) is 5.75 Å². The molecule has 0 aliphatic carbocycles. The molecule has 0 saturated carbocycles. The molecule has 5 heteroatoms. The number of nitrogens with one attached hydrogen (secondary N) is 1. The summed E-state index contributed by atoms with van der Waals surface area (Å²) in [7, 11) is 0. The van der Waals surface area contributed by atoms with Crippen LogP contribution >= 0.6 is 0 Å². The van der Waals surface area contributed by atoms with Gasteiger partial charge in [0.25, 0.3) is 5.91 Å². The van der Waals surface area contributed by atoms with Crippen LogP contribution in [0.1, 0.15) is 28.4 Å². The number of ether oxygens (including phenoxy) is 1. The summed E-state index contributed by atoms with van der Waals surface area (Å²) < 4.78 is 5.25. The second-order valence-electron chi connectivity index (χ2n) is 6.54. The molecule has 0 aromatic heterocycles. The zero-order valence-electron chi connectivity index (χ0n) is 15.4. The fourth-order valence-electron chi connectivity index (χ4n) is 2.89. The number of esters is 1. The van der Waals surface area contributed by atoms with Gasteiger partial charge in [0.05, 0.1) is 0 Å². The van der Waals surface area contributed by atoms with Crippen molar-refractivity contribution in [1.29, 1.82) is 0 Å². The highest BCUT2D eigenvalue weighted by Gasteiger charge is 2.22. The lowest BCUT2D eigenvalue weighted by Crippen LogP contribution is -2.30. The van der Waals surface area contributed by atoms with E-state index in [1.54, 1.807) is 18.2 Å². The van der Waals surface area contributed by atoms with E-state index in [1.165, 1.54) is 13.0 Å². The first-order valence-electron chi connectivity index (χ1n) is 8.66. The lowest BCUT2D eigenvalue weighted by atomic mass is 10.1. The molecule has 3 aromatic carbocycles. The third-order valence-electron chi connectivity index (χ3n) is 4.41. The second-order valence-corrected chi connectivity index (χ2v) is 6.54. The Morgan fingerprint density at radius 2 is 1.78 bits per heavy atom. The molecule has 2 N–H and O–H groups in total. The largest absolute Gasteiger partial charge is 0.506 e. The van der Waals surface area contributed by atoms with E-state index in [4.69, 9.17) is 4.74 Å². The Morgan fingerprint density at radius 3 is 2.52 bits per heavy atom. The maximum Gasteiger partial charge on any atom is 0.342 e. The molecule has 0 heterocycles. The first kappa shape index (κ1) is 18.5. The molecule has 3 aromatic rings. The highest BCUT2D eigenvalue weighted by Crippen LogP contribution is 2.29. The monoisotopic (exact) mass is 363 g/mol. The van der Waals surface area contributed by atoms with Gasteiger partial charge in [-0.3, -0.25) is 4.79 Å². The number of rotatable bonds is 4. The number of aryl methyl sites for hydroxylation is 2. The van der Waals surface area contributed by atoms with Gasteiger partial charge < -0.3 is 15.2 Å². The van der Waals surface area contributed by atoms with Crippen LogP contribution in [0.4, 0.5) is 5.69 Å². The van der Waals surface area contributed by atoms with Crippen LogP contribution in [0, 0.1) is 13.8 Å². The Hall–Kier alpha value is -3.34. The minimum absolute atomic E-state index is 0.0277. The lowest BCUT2D eigenvalue weighted by molar-refractivity contribution is -0.123. The molecule has 0 fully saturated rings. The molecule has 0 unspecified atom stereocenters. The Balaban J connectivity index is 1.73. The molecule has 0 radical (unpaired) electrons. The van der Waals surface area contributed by atoms with Crippen LogP contribution < -0.4 is 5.32 Å². The molecular weight excluding hydrogens is 342 g/mol. The second kappa shape index (κ2) is 7.50. The molecule has 0 aliphatic heterocycles. The first-order chi connectivity index (χ1) is 12.9. The fourth-order valence-corrected chi connectivity index (χ4v) is 2.89. The summed E-state index contributed by atoms with van der Waals surface area (Å²) in [5, 5.41) is 14.5. The molecule has 3 rings (SSSR count). The Kier molecular flexibility index (Phi) is 5.12. The molecule has 1 atom stereocenters. The van der Waals surface area contributed by atoms with Gasteiger partial charge in [-0.1, -0.05) is 48.0 Å². The van der Waals surface area contributed by atoms with Crippen molar-refractivity contribution in [3.63, 3.8) is 0 Å². The van der Waals surface area contributed by atoms with Crippen molar-refractivity contribution in [2.45, 2.75) is 26.9 Å². The predicted molar refractivity (Wildman–Crippen MR) is 105 cm³/mol. The van der Waals surface area contributed by atoms with Crippen LogP contribution in [-0.2, 0) is 9.53 Å². The number of anilines is 1. The molecule has 1 amide bonds. The SMILES string of the molecule is Cc1ccc(NC(=O)[C@@H](C)OC(=O)c2ccc3ccccc3c2O)c(C)c1. The van der Waals surface area contributed by atoms with Crippen molar-refractivity contribution in [3.05, 3.63) is 71.3 Å². The van der Waals surface area contributed by atoms with Gasteiger partial charge >= 0.3 is 5.97 Å². The van der Waals surface area contributed by atoms with E-state index in [0.717, 1.165) is 16.5 Å². The summed E-state index contributed by atoms with van der Waals surface area (Å²) in [6.45, 7) is 5.36. The topological polar surface area (TPSA) is 75.6 Å². The zero-order chi connectivity index (χ0) is 19.6. The number of phenolic OH excluding ortho intramolecular Hbond substituents is 1. The summed E-state index contributed by atoms with van der Waals surface area (Å²) in [6.07, 6.45) is -1.01. The normalized spacial score (nSPS) is 11.8. The highest BCUT2D eigenvalue weighted by molar-refractivity contribution is 6.03. The minimum Gasteiger partial charge on any atom is -0.506 e. The number of carbonyl (C=O) groups excluding carboxylic acids is 2. The van der Waals surface area contributed by atoms with E-state index >= 15 is 0 Å². The van der Waals surface area contributed by atoms with E-state index in [-0.39, 0.29) is 11.3 Å². The van der Waals surface area contributed by atoms with Crippen LogP contribution in [0.25, 0.3) is 10.8 Å². The Labute approximate surface area is 157 Å². The smallest absolute Gasteiger partial charge is 0.342 e. The molecular formula is C22H21NO4. The van der Waals surface area contributed by atoms with Gasteiger partial charge in [0.1, 0.15) is 11.3 Å². The summed E-state index contributed by atoms with van der Waals surface area (Å²) >= 11 is 0. The van der Waals surface area contributed by atoms with E-state index in [1.807, 2.05) is 44.2 Å². The first-order valence-corrected chi connectivity index (χ1v) is 8.66. The number of hydrogen-bond donors (Lipinski definition) is 2. The van der Waals surface area contributed by atoms with Crippen molar-refractivity contribution in [2.75, 3.05) is 5.32 Å². The van der Waals surface area contributed by atoms with E-state index in [9.17, 15) is 14.7 Å². The third-order valence-corrected chi connectivity index (χ3v) is 4.41. The Bertz CT molecular complexity index is 1030. The standard InChI is InChI=1S/C22H21NO4/c1-13-8-11-19(14(2)12-13)23-21(25)15(3)27-22(26)18-10-9-16-6-4-5-7-17(16)20(18)24/h4-12,15,24H,1-3H3,(H,23,25)/t15-/m1/s1. The number of benzene rings is 3. The molecule has 138 valence electrons. The third kappa shape index (κ3) is 3.92. The summed E-state index contributed by atoms with van der Waals surface area (Å²) in [5.74, 6) is -1.34. The lowest BCUT2D eigenvalue weighted by Gasteiger charge is -2.15. The summed E-state index contributed by atoms with van der Waals surface area (Å²) in [5.41, 5.74) is 2.72. The van der Waals surface area contributed by atoms with E-state index in [0.29, 0.717) is 11.1 Å². The van der Waals surface area contributed by atoms with Gasteiger partial charge in [-0.2, -0.15) is 0 Å². The number of fused-ring (bicyclic) bond motifs is 1. The number of phenols is 1. The number of aromatic hydroxyl groups is 1. The molecule has 0 aliphatic rings. The summed E-state index contributed by atoms with van der Waals surface area (Å²) in [4.78, 5) is 24.8. The van der Waals surface area contributed by atoms with Gasteiger partial charge in [0.15, 0.2) is 6.10 Å². The van der Waals surface area contributed by atoms with E-state index < -0.39 is 18.0 Å². The van der Waals surface area contributed by atoms with Crippen LogP contribution in [0.5, 0.6) is 5.75 Å².